The minimum absolute atomic E-state index is 0.147. The average Bonchev–Trinajstić information content (AvgIpc) is 2.15. The second-order valence-corrected chi connectivity index (χ2v) is 3.87. The summed E-state index contributed by atoms with van der Waals surface area (Å²) in [6.45, 7) is 4.72. The highest BCUT2D eigenvalue weighted by Crippen LogP contribution is 2.12. The van der Waals surface area contributed by atoms with Gasteiger partial charge < -0.3 is 5.32 Å². The maximum atomic E-state index is 11.5. The van der Waals surface area contributed by atoms with Crippen molar-refractivity contribution in [1.82, 2.24) is 10.3 Å². The molecular weight excluding hydrogens is 200 g/mol. The fourth-order valence-electron chi connectivity index (χ4n) is 0.951. The second kappa shape index (κ2) is 4.96. The summed E-state index contributed by atoms with van der Waals surface area (Å²) in [5.41, 5.74) is 0.474. The van der Waals surface area contributed by atoms with Gasteiger partial charge in [-0.15, -0.1) is 0 Å². The number of hydrogen-bond acceptors (Lipinski definition) is 2. The summed E-state index contributed by atoms with van der Waals surface area (Å²) < 4.78 is 0. The van der Waals surface area contributed by atoms with Crippen LogP contribution in [0.25, 0.3) is 0 Å². The zero-order valence-electron chi connectivity index (χ0n) is 8.25. The summed E-state index contributed by atoms with van der Waals surface area (Å²) >= 11 is 5.81. The van der Waals surface area contributed by atoms with Gasteiger partial charge in [-0.1, -0.05) is 25.4 Å². The Morgan fingerprint density at radius 3 is 2.93 bits per heavy atom. The lowest BCUT2D eigenvalue weighted by Gasteiger charge is -2.07. The monoisotopic (exact) mass is 212 g/mol. The van der Waals surface area contributed by atoms with Gasteiger partial charge in [0.2, 0.25) is 0 Å². The second-order valence-electron chi connectivity index (χ2n) is 3.46. The molecule has 0 atom stereocenters. The summed E-state index contributed by atoms with van der Waals surface area (Å²) in [4.78, 5) is 15.4. The van der Waals surface area contributed by atoms with Crippen LogP contribution in [0.1, 0.15) is 24.2 Å². The molecule has 3 nitrogen and oxygen atoms in total. The Morgan fingerprint density at radius 1 is 1.64 bits per heavy atom. The van der Waals surface area contributed by atoms with Crippen molar-refractivity contribution in [1.29, 1.82) is 0 Å². The maximum absolute atomic E-state index is 11.5. The van der Waals surface area contributed by atoms with Crippen LogP contribution in [0.15, 0.2) is 18.5 Å². The van der Waals surface area contributed by atoms with Gasteiger partial charge in [-0.25, -0.2) is 0 Å². The van der Waals surface area contributed by atoms with Gasteiger partial charge in [0.25, 0.3) is 5.91 Å². The Kier molecular flexibility index (Phi) is 3.89. The molecule has 76 valence electrons. The molecule has 0 aliphatic carbocycles. The highest BCUT2D eigenvalue weighted by molar-refractivity contribution is 6.33. The number of halogens is 1. The van der Waals surface area contributed by atoms with Crippen LogP contribution in [0.3, 0.4) is 0 Å². The van der Waals surface area contributed by atoms with E-state index in [0.717, 1.165) is 0 Å². The zero-order valence-corrected chi connectivity index (χ0v) is 9.01. The molecule has 1 aromatic heterocycles. The highest BCUT2D eigenvalue weighted by Gasteiger charge is 2.09. The fraction of sp³-hybridized carbons (Fsp3) is 0.400. The molecule has 1 rings (SSSR count). The summed E-state index contributed by atoms with van der Waals surface area (Å²) in [6, 6.07) is 1.61. The average molecular weight is 213 g/mol. The molecule has 0 aliphatic rings. The van der Waals surface area contributed by atoms with Crippen molar-refractivity contribution in [2.24, 2.45) is 5.92 Å². The Labute approximate surface area is 88.5 Å². The van der Waals surface area contributed by atoms with Crippen molar-refractivity contribution < 1.29 is 4.79 Å². The number of carbonyl (C=O) groups is 1. The molecule has 0 radical (unpaired) electrons. The Balaban J connectivity index is 2.65. The van der Waals surface area contributed by atoms with Crippen LogP contribution < -0.4 is 5.32 Å². The first kappa shape index (κ1) is 11.0. The molecule has 14 heavy (non-hydrogen) atoms. The predicted octanol–water partition coefficient (Wildman–Crippen LogP) is 2.12. The van der Waals surface area contributed by atoms with Gasteiger partial charge in [0.05, 0.1) is 10.6 Å². The number of pyridine rings is 1. The van der Waals surface area contributed by atoms with E-state index in [2.05, 4.69) is 10.3 Å². The third-order valence-electron chi connectivity index (χ3n) is 1.69. The van der Waals surface area contributed by atoms with Crippen LogP contribution in [-0.2, 0) is 0 Å². The Morgan fingerprint density at radius 2 is 2.36 bits per heavy atom. The summed E-state index contributed by atoms with van der Waals surface area (Å²) in [5, 5.41) is 3.17. The van der Waals surface area contributed by atoms with Gasteiger partial charge >= 0.3 is 0 Å². The van der Waals surface area contributed by atoms with Crippen molar-refractivity contribution in [3.05, 3.63) is 29.0 Å². The molecule has 1 heterocycles. The standard InChI is InChI=1S/C10H13ClN2O/c1-7(2)5-13-10(14)8-3-4-12-6-9(8)11/h3-4,6-7H,5H2,1-2H3,(H,13,14). The zero-order chi connectivity index (χ0) is 10.6. The van der Waals surface area contributed by atoms with Crippen molar-refractivity contribution in [2.75, 3.05) is 6.54 Å². The van der Waals surface area contributed by atoms with E-state index in [1.165, 1.54) is 6.20 Å². The van der Waals surface area contributed by atoms with Crippen molar-refractivity contribution >= 4 is 17.5 Å². The van der Waals surface area contributed by atoms with E-state index < -0.39 is 0 Å². The molecule has 0 saturated carbocycles. The molecule has 4 heteroatoms. The van der Waals surface area contributed by atoms with E-state index in [1.54, 1.807) is 12.3 Å². The molecule has 1 aromatic rings. The van der Waals surface area contributed by atoms with Gasteiger partial charge in [-0.3, -0.25) is 9.78 Å². The normalized spacial score (nSPS) is 10.3. The van der Waals surface area contributed by atoms with Crippen molar-refractivity contribution in [3.63, 3.8) is 0 Å². The van der Waals surface area contributed by atoms with Crippen molar-refractivity contribution in [2.45, 2.75) is 13.8 Å². The van der Waals surface area contributed by atoms with E-state index in [0.29, 0.717) is 23.0 Å². The van der Waals surface area contributed by atoms with Crippen LogP contribution in [0.5, 0.6) is 0 Å². The summed E-state index contributed by atoms with van der Waals surface area (Å²) in [6.07, 6.45) is 3.02. The van der Waals surface area contributed by atoms with Crippen LogP contribution in [0, 0.1) is 5.92 Å². The van der Waals surface area contributed by atoms with Crippen LogP contribution in [0.2, 0.25) is 5.02 Å². The summed E-state index contributed by atoms with van der Waals surface area (Å²) in [7, 11) is 0. The number of nitrogens with zero attached hydrogens (tertiary/aromatic N) is 1. The van der Waals surface area contributed by atoms with Gasteiger partial charge in [-0.05, 0) is 12.0 Å². The van der Waals surface area contributed by atoms with Gasteiger partial charge in [-0.2, -0.15) is 0 Å². The Hall–Kier alpha value is -1.09. The smallest absolute Gasteiger partial charge is 0.252 e. The molecule has 0 fully saturated rings. The van der Waals surface area contributed by atoms with E-state index in [9.17, 15) is 4.79 Å². The highest BCUT2D eigenvalue weighted by atomic mass is 35.5. The number of amides is 1. The van der Waals surface area contributed by atoms with E-state index in [1.807, 2.05) is 13.8 Å². The number of rotatable bonds is 3. The first-order valence-electron chi connectivity index (χ1n) is 4.49. The lowest BCUT2D eigenvalue weighted by atomic mass is 10.2. The van der Waals surface area contributed by atoms with Gasteiger partial charge in [0.15, 0.2) is 0 Å². The minimum Gasteiger partial charge on any atom is -0.352 e. The Bertz CT molecular complexity index is 326. The predicted molar refractivity (Wildman–Crippen MR) is 56.4 cm³/mol. The largest absolute Gasteiger partial charge is 0.352 e. The number of carbonyl (C=O) groups excluding carboxylic acids is 1. The molecule has 1 N–H and O–H groups in total. The van der Waals surface area contributed by atoms with Crippen LogP contribution >= 0.6 is 11.6 Å². The van der Waals surface area contributed by atoms with E-state index >= 15 is 0 Å². The molecule has 0 unspecified atom stereocenters. The number of aromatic nitrogens is 1. The fourth-order valence-corrected chi connectivity index (χ4v) is 1.16. The number of hydrogen-bond donors (Lipinski definition) is 1. The molecule has 0 aliphatic heterocycles. The topological polar surface area (TPSA) is 42.0 Å². The molecule has 0 bridgehead atoms. The maximum Gasteiger partial charge on any atom is 0.252 e. The van der Waals surface area contributed by atoms with Crippen LogP contribution in [-0.4, -0.2) is 17.4 Å². The third-order valence-corrected chi connectivity index (χ3v) is 1.99. The lowest BCUT2D eigenvalue weighted by molar-refractivity contribution is 0.0949. The molecule has 0 saturated heterocycles. The third kappa shape index (κ3) is 3.00. The molecule has 0 aromatic carbocycles. The van der Waals surface area contributed by atoms with Crippen LogP contribution in [0.4, 0.5) is 0 Å². The first-order valence-corrected chi connectivity index (χ1v) is 4.86. The van der Waals surface area contributed by atoms with Crippen molar-refractivity contribution in [3.8, 4) is 0 Å². The summed E-state index contributed by atoms with van der Waals surface area (Å²) in [5.74, 6) is 0.283. The van der Waals surface area contributed by atoms with E-state index in [4.69, 9.17) is 11.6 Å². The lowest BCUT2D eigenvalue weighted by Crippen LogP contribution is -2.27. The molecular formula is C10H13ClN2O. The van der Waals surface area contributed by atoms with Gasteiger partial charge in [0.1, 0.15) is 0 Å². The van der Waals surface area contributed by atoms with E-state index in [-0.39, 0.29) is 5.91 Å². The first-order chi connectivity index (χ1) is 6.61. The molecule has 0 spiro atoms. The quantitative estimate of drug-likeness (QED) is 0.834. The molecule has 1 amide bonds. The minimum atomic E-state index is -0.147. The van der Waals surface area contributed by atoms with Gasteiger partial charge in [0, 0.05) is 18.9 Å². The SMILES string of the molecule is CC(C)CNC(=O)c1ccncc1Cl. The number of nitrogens with one attached hydrogen (secondary N) is 1.